The van der Waals surface area contributed by atoms with Gasteiger partial charge in [0.25, 0.3) is 11.7 Å². The third-order valence-corrected chi connectivity index (χ3v) is 20.5. The number of ether oxygens (including phenoxy) is 7. The van der Waals surface area contributed by atoms with Crippen LogP contribution in [0.3, 0.4) is 0 Å². The van der Waals surface area contributed by atoms with E-state index >= 15 is 0 Å². The largest absolute Gasteiger partial charge is 0.492 e. The average molecular weight is 1470 g/mol. The summed E-state index contributed by atoms with van der Waals surface area (Å²) in [5, 5.41) is 50.9. The number of anilines is 3. The minimum absolute atomic E-state index is 0.0193. The Morgan fingerprint density at radius 1 is 0.895 bits per heavy atom. The van der Waals surface area contributed by atoms with Crippen molar-refractivity contribution in [1.29, 1.82) is 5.26 Å². The zero-order valence-electron chi connectivity index (χ0n) is 63.1. The Hall–Kier alpha value is -8.02. The molecule has 5 N–H and O–H groups in total. The second-order valence-electron chi connectivity index (χ2n) is 28.6. The Balaban J connectivity index is 0.000000328. The summed E-state index contributed by atoms with van der Waals surface area (Å²) in [6, 6.07) is 15.4. The molecule has 24 heteroatoms. The number of benzene rings is 2. The normalized spacial score (nSPS) is 29.2. The maximum Gasteiger partial charge on any atom is 0.329 e. The number of ketones is 3. The molecule has 2 aromatic carbocycles. The van der Waals surface area contributed by atoms with Crippen LogP contribution in [0.15, 0.2) is 121 Å². The van der Waals surface area contributed by atoms with Gasteiger partial charge >= 0.3 is 5.97 Å². The van der Waals surface area contributed by atoms with Crippen molar-refractivity contribution in [2.24, 2.45) is 35.5 Å². The number of likely N-dealkylation sites (N-methyl/N-ethyl adjacent to an activating group) is 1. The second-order valence-corrected chi connectivity index (χ2v) is 29.0. The highest BCUT2D eigenvalue weighted by Gasteiger charge is 2.53. The molecule has 0 radical (unpaired) electrons. The molecule has 2 saturated heterocycles. The van der Waals surface area contributed by atoms with E-state index in [0.29, 0.717) is 127 Å². The van der Waals surface area contributed by atoms with Crippen LogP contribution in [0.25, 0.3) is 10.9 Å². The Bertz CT molecular complexity index is 3820. The molecule has 570 valence electrons. The van der Waals surface area contributed by atoms with Gasteiger partial charge in [0.15, 0.2) is 5.78 Å². The number of nitriles is 1. The van der Waals surface area contributed by atoms with E-state index in [1.54, 1.807) is 83.7 Å². The lowest BCUT2D eigenvalue weighted by Gasteiger charge is -2.42. The molecule has 1 aliphatic carbocycles. The van der Waals surface area contributed by atoms with E-state index in [4.69, 9.17) is 44.8 Å². The number of cyclic esters (lactones) is 1. The number of aliphatic hydroxyl groups excluding tert-OH is 2. The van der Waals surface area contributed by atoms with Crippen molar-refractivity contribution >= 4 is 74.7 Å². The van der Waals surface area contributed by atoms with Crippen molar-refractivity contribution in [3.63, 3.8) is 0 Å². The maximum atomic E-state index is 14.4. The minimum atomic E-state index is -2.43. The Morgan fingerprint density at radius 3 is 2.35 bits per heavy atom. The first-order valence-electron chi connectivity index (χ1n) is 36.5. The highest BCUT2D eigenvalue weighted by molar-refractivity contribution is 6.39. The molecule has 5 heterocycles. The van der Waals surface area contributed by atoms with Crippen LogP contribution < -0.4 is 20.1 Å². The summed E-state index contributed by atoms with van der Waals surface area (Å²) in [5.41, 5.74) is 4.59. The fraction of sp³-hybridized carbons (Fsp3) is 0.543. The Labute approximate surface area is 623 Å². The number of methoxy groups -OCH3 is 3. The number of nitrogens with one attached hydrogen (secondary N) is 2. The first-order chi connectivity index (χ1) is 50.1. The fourth-order valence-electron chi connectivity index (χ4n) is 13.9. The molecule has 4 aliphatic rings. The fourth-order valence-corrected chi connectivity index (χ4v) is 14.2. The molecule has 15 atom stereocenters. The van der Waals surface area contributed by atoms with Gasteiger partial charge < -0.3 is 68.9 Å². The summed E-state index contributed by atoms with van der Waals surface area (Å²) in [6.45, 7) is 15.9. The van der Waals surface area contributed by atoms with Crippen molar-refractivity contribution in [2.45, 2.75) is 194 Å². The van der Waals surface area contributed by atoms with Crippen LogP contribution in [0.4, 0.5) is 17.1 Å². The predicted molar refractivity (Wildman–Crippen MR) is 402 cm³/mol. The van der Waals surface area contributed by atoms with Crippen molar-refractivity contribution in [3.8, 4) is 17.6 Å². The Kier molecular flexibility index (Phi) is 32.6. The lowest BCUT2D eigenvalue weighted by Crippen LogP contribution is -2.61. The van der Waals surface area contributed by atoms with Crippen LogP contribution in [0, 0.1) is 46.8 Å². The number of esters is 1. The number of hydrogen-bond acceptors (Lipinski definition) is 21. The van der Waals surface area contributed by atoms with Gasteiger partial charge in [-0.3, -0.25) is 33.9 Å². The topological polar surface area (TPSA) is 308 Å². The van der Waals surface area contributed by atoms with E-state index in [1.165, 1.54) is 24.3 Å². The van der Waals surface area contributed by atoms with Gasteiger partial charge in [-0.25, -0.2) is 4.79 Å². The van der Waals surface area contributed by atoms with Crippen LogP contribution in [0.1, 0.15) is 144 Å². The smallest absolute Gasteiger partial charge is 0.329 e. The van der Waals surface area contributed by atoms with Gasteiger partial charge in [0.05, 0.1) is 64.2 Å². The summed E-state index contributed by atoms with van der Waals surface area (Å²) in [6.07, 6.45) is 17.6. The van der Waals surface area contributed by atoms with E-state index in [2.05, 4.69) is 26.7 Å². The second kappa shape index (κ2) is 40.6. The van der Waals surface area contributed by atoms with Crippen molar-refractivity contribution < 1.29 is 77.2 Å². The molecule has 3 aliphatic heterocycles. The molecular formula is C81H108ClN7O16. The quantitative estimate of drug-likeness (QED) is 0.0284. The summed E-state index contributed by atoms with van der Waals surface area (Å²) < 4.78 is 41.0. The standard InChI is InChI=1S/C51H79NO13.C30H29ClN6O3/c1-30-16-12-11-13-17-31(2)42(61-8)28-38-21-19-36(7)51(60,65-38)48(57)49(58)52-23-15-14-18-39(52)50(59)64-43(33(4)26-37-20-22-40(53)44(27-37)62-9)29-41(54)32(3)25-35(6)46(56)47(63-10)45(55)34(5)24-30;1-4-39-28-16-25-23(15-26(28)36-29(38)9-7-13-37(2)3)30(20(17-32)18-34-25)35-21-10-11-27(24(31)14-21)40-19-22-8-5-6-12-33-22/h11-13,16-17,25,30,32-34,36-40,42-44,46-47,53,56,60H,14-15,18-24,26-29H2,1-10H3;5-12,14-16,18H,4,13,19H2,1-3H3,(H,34,35)(H,36,38)/b13-11+,16-12+,31-17+,35-25+;9-7+/t30-,32-,33-,34-,36-,37+,38+,39+,40-,42+,43+,44-,46-,47+,51-;/m1./s1. The minimum Gasteiger partial charge on any atom is -0.492 e. The molecule has 3 fully saturated rings. The SMILES string of the molecule is CCOc1cc2ncc(C#N)c(Nc3ccc(OCc4ccccn4)c(Cl)c3)c2cc1NC(=O)/C=C/CN(C)C.CO[C@H]1C[C@@H]2CC[C@@H](C)[C@@](O)(O2)C(=O)C(=O)N2CCCC[C@H]2C(=O)O[C@H]([C@H](C)C[C@@H]2CC[C@@H](O)[C@H](OC)C2)CC(=O)[C@H](C)/C=C(\C)[C@@H](O)[C@@H](OC)C(=O)[C@H](C)C[C@H](C)/C=C/C=C/C=C/1C. The molecule has 105 heavy (non-hydrogen) atoms. The van der Waals surface area contributed by atoms with Gasteiger partial charge in [-0.2, -0.15) is 5.26 Å². The van der Waals surface area contributed by atoms with E-state index in [0.717, 1.165) is 17.7 Å². The lowest BCUT2D eigenvalue weighted by atomic mass is 9.78. The number of aromatic nitrogens is 2. The van der Waals surface area contributed by atoms with Gasteiger partial charge in [-0.05, 0) is 164 Å². The van der Waals surface area contributed by atoms with Crippen molar-refractivity contribution in [3.05, 3.63) is 137 Å². The summed E-state index contributed by atoms with van der Waals surface area (Å²) >= 11 is 6.52. The van der Waals surface area contributed by atoms with Crippen molar-refractivity contribution in [2.75, 3.05) is 65.8 Å². The van der Waals surface area contributed by atoms with Crippen LogP contribution >= 0.6 is 11.6 Å². The molecule has 2 bridgehead atoms. The molecule has 0 spiro atoms. The third kappa shape index (κ3) is 23.5. The number of piperidine rings is 1. The monoisotopic (exact) mass is 1470 g/mol. The highest BCUT2D eigenvalue weighted by Crippen LogP contribution is 2.41. The Morgan fingerprint density at radius 2 is 1.67 bits per heavy atom. The molecule has 2 aromatic heterocycles. The average Bonchev–Trinajstić information content (AvgIpc) is 0.762. The number of carbonyl (C=O) groups is 6. The maximum absolute atomic E-state index is 14.4. The van der Waals surface area contributed by atoms with Crippen LogP contribution in [-0.2, 0) is 59.1 Å². The number of nitrogens with zero attached hydrogens (tertiary/aromatic N) is 5. The van der Waals surface area contributed by atoms with Crippen LogP contribution in [0.5, 0.6) is 11.5 Å². The number of Topliss-reactive ketones (excluding diaryl/α,β-unsaturated/α-hetero) is 3. The van der Waals surface area contributed by atoms with E-state index in [9.17, 15) is 49.3 Å². The zero-order chi connectivity index (χ0) is 76.7. The molecule has 4 aromatic rings. The number of allylic oxidation sites excluding steroid dienone is 6. The van der Waals surface area contributed by atoms with E-state index < -0.39 is 83.9 Å². The molecule has 0 unspecified atom stereocenters. The molecule has 2 amide bonds. The summed E-state index contributed by atoms with van der Waals surface area (Å²) in [4.78, 5) is 95.0. The zero-order valence-corrected chi connectivity index (χ0v) is 63.8. The predicted octanol–water partition coefficient (Wildman–Crippen LogP) is 12.1. The van der Waals surface area contributed by atoms with Gasteiger partial charge in [-0.15, -0.1) is 0 Å². The number of fused-ring (bicyclic) bond motifs is 4. The number of hydrogen-bond donors (Lipinski definition) is 5. The molecule has 8 rings (SSSR count). The number of amides is 2. The number of aliphatic hydroxyl groups is 3. The number of carbonyl (C=O) groups excluding carboxylic acids is 6. The molecule has 23 nitrogen and oxygen atoms in total. The van der Waals surface area contributed by atoms with Crippen molar-refractivity contribution in [1.82, 2.24) is 19.8 Å². The van der Waals surface area contributed by atoms with Gasteiger partial charge in [0.1, 0.15) is 54.3 Å². The molecular weight excluding hydrogens is 1360 g/mol. The van der Waals surface area contributed by atoms with Crippen LogP contribution in [-0.4, -0.2) is 180 Å². The number of pyridine rings is 2. The molecule has 1 saturated carbocycles. The summed E-state index contributed by atoms with van der Waals surface area (Å²) in [5.74, 6) is -7.27. The number of halogens is 1. The van der Waals surface area contributed by atoms with E-state index in [-0.39, 0.29) is 67.3 Å². The van der Waals surface area contributed by atoms with E-state index in [1.807, 2.05) is 102 Å². The third-order valence-electron chi connectivity index (χ3n) is 20.2. The first-order valence-corrected chi connectivity index (χ1v) is 36.9. The highest BCUT2D eigenvalue weighted by atomic mass is 35.5. The summed E-state index contributed by atoms with van der Waals surface area (Å²) in [7, 11) is 8.36. The van der Waals surface area contributed by atoms with Crippen LogP contribution in [0.2, 0.25) is 5.02 Å². The van der Waals surface area contributed by atoms with Gasteiger partial charge in [0, 0.05) is 101 Å². The van der Waals surface area contributed by atoms with Gasteiger partial charge in [-0.1, -0.05) is 94.8 Å². The van der Waals surface area contributed by atoms with Gasteiger partial charge in [0.2, 0.25) is 11.7 Å². The number of rotatable bonds is 17. The first kappa shape index (κ1) is 84.2. The lowest BCUT2D eigenvalue weighted by molar-refractivity contribution is -0.265.